The van der Waals surface area contributed by atoms with Crippen LogP contribution in [0.3, 0.4) is 0 Å². The zero-order valence-corrected chi connectivity index (χ0v) is 41.3. The van der Waals surface area contributed by atoms with E-state index >= 15 is 0 Å². The number of fused-ring (bicyclic) bond motifs is 4. The Kier molecular flexibility index (Phi) is 14.1. The molecular weight excluding hydrogens is 905 g/mol. The second-order valence-electron chi connectivity index (χ2n) is 17.4. The molecule has 0 bridgehead atoms. The highest BCUT2D eigenvalue weighted by Crippen LogP contribution is 2.49. The van der Waals surface area contributed by atoms with Gasteiger partial charge in [0.05, 0.1) is 0 Å². The second kappa shape index (κ2) is 22.1. The summed E-state index contributed by atoms with van der Waals surface area (Å²) in [4.78, 5) is 5.03. The van der Waals surface area contributed by atoms with E-state index in [2.05, 4.69) is 279 Å². The largest absolute Gasteiger partial charge is 0.0895 e. The van der Waals surface area contributed by atoms with Crippen molar-refractivity contribution in [2.45, 2.75) is 19.6 Å². The van der Waals surface area contributed by atoms with Crippen LogP contribution in [0.4, 0.5) is 0 Å². The fourth-order valence-corrected chi connectivity index (χ4v) is 11.6. The Labute approximate surface area is 431 Å². The third-order valence-corrected chi connectivity index (χ3v) is 15.1. The van der Waals surface area contributed by atoms with E-state index in [1.807, 2.05) is 47.8 Å². The molecule has 13 aromatic rings. The molecule has 0 heterocycles. The van der Waals surface area contributed by atoms with Gasteiger partial charge >= 0.3 is 0 Å². The molecule has 0 unspecified atom stereocenters. The zero-order chi connectivity index (χ0) is 48.3. The van der Waals surface area contributed by atoms with Gasteiger partial charge < -0.3 is 0 Å². The Morgan fingerprint density at radius 1 is 0.167 bits per heavy atom. The first-order chi connectivity index (χ1) is 35.8. The van der Waals surface area contributed by atoms with Crippen molar-refractivity contribution in [3.05, 3.63) is 303 Å². The molecule has 13 aromatic carbocycles. The molecule has 0 saturated carbocycles. The summed E-state index contributed by atoms with van der Waals surface area (Å²) in [5.41, 5.74) is 10.2. The summed E-state index contributed by atoms with van der Waals surface area (Å²) in [5, 5.41) is 10.2. The SMILES string of the molecule is c1ccc(-c2ccccc2)cc1.c1ccc(-c2ccccc2)cc1.c1ccc(Sc2ccc(-c3c4ccccc4c(-c4ccc(Sc5ccccc5)c5ccccc45)c4ccccc34)c3ccccc23)cc1. The van der Waals surface area contributed by atoms with Crippen molar-refractivity contribution in [3.63, 3.8) is 0 Å². The van der Waals surface area contributed by atoms with E-state index in [0.29, 0.717) is 0 Å². The van der Waals surface area contributed by atoms with E-state index in [4.69, 9.17) is 0 Å². The molecule has 342 valence electrons. The number of hydrogen-bond donors (Lipinski definition) is 0. The molecule has 0 aliphatic rings. The minimum absolute atomic E-state index is 1.25. The number of benzene rings is 13. The predicted molar refractivity (Wildman–Crippen MR) is 312 cm³/mol. The van der Waals surface area contributed by atoms with Crippen LogP contribution >= 0.6 is 23.5 Å². The number of hydrogen-bond acceptors (Lipinski definition) is 2. The smallest absolute Gasteiger partial charge is 0.0201 e. The topological polar surface area (TPSA) is 0 Å². The van der Waals surface area contributed by atoms with Gasteiger partial charge in [-0.1, -0.05) is 290 Å². The summed E-state index contributed by atoms with van der Waals surface area (Å²) in [7, 11) is 0. The van der Waals surface area contributed by atoms with E-state index in [1.54, 1.807) is 0 Å². The van der Waals surface area contributed by atoms with Crippen LogP contribution in [0.5, 0.6) is 0 Å². The zero-order valence-electron chi connectivity index (χ0n) is 39.7. The average Bonchev–Trinajstić information content (AvgIpc) is 3.47. The quantitative estimate of drug-likeness (QED) is 0.139. The summed E-state index contributed by atoms with van der Waals surface area (Å²) in [5.74, 6) is 0. The minimum Gasteiger partial charge on any atom is -0.0895 e. The predicted octanol–water partition coefficient (Wildman–Crippen LogP) is 20.6. The van der Waals surface area contributed by atoms with Crippen molar-refractivity contribution in [1.82, 2.24) is 0 Å². The normalized spacial score (nSPS) is 10.9. The van der Waals surface area contributed by atoms with E-state index in [0.717, 1.165) is 0 Å². The maximum Gasteiger partial charge on any atom is 0.0201 e. The van der Waals surface area contributed by atoms with Gasteiger partial charge in [0, 0.05) is 19.6 Å². The van der Waals surface area contributed by atoms with Gasteiger partial charge in [0.15, 0.2) is 0 Å². The monoisotopic (exact) mass is 954 g/mol. The minimum atomic E-state index is 1.25. The van der Waals surface area contributed by atoms with E-state index in [1.165, 1.54) is 107 Å². The lowest BCUT2D eigenvalue weighted by Crippen LogP contribution is -1.93. The van der Waals surface area contributed by atoms with Crippen LogP contribution in [-0.4, -0.2) is 0 Å². The molecule has 13 rings (SSSR count). The maximum atomic E-state index is 2.34. The summed E-state index contributed by atoms with van der Waals surface area (Å²) < 4.78 is 0. The van der Waals surface area contributed by atoms with Gasteiger partial charge in [0.2, 0.25) is 0 Å². The Hall–Kier alpha value is -8.40. The van der Waals surface area contributed by atoms with Gasteiger partial charge in [0.25, 0.3) is 0 Å². The maximum absolute atomic E-state index is 2.34. The molecule has 0 aliphatic heterocycles. The van der Waals surface area contributed by atoms with Crippen LogP contribution in [-0.2, 0) is 0 Å². The van der Waals surface area contributed by atoms with Gasteiger partial charge in [-0.15, -0.1) is 0 Å². The fourth-order valence-electron chi connectivity index (χ4n) is 9.62. The summed E-state index contributed by atoms with van der Waals surface area (Å²) in [6, 6.07) is 108. The van der Waals surface area contributed by atoms with E-state index in [-0.39, 0.29) is 0 Å². The highest BCUT2D eigenvalue weighted by Gasteiger charge is 2.20. The van der Waals surface area contributed by atoms with Gasteiger partial charge in [-0.05, 0) is 124 Å². The van der Waals surface area contributed by atoms with Crippen molar-refractivity contribution >= 4 is 66.6 Å². The lowest BCUT2D eigenvalue weighted by molar-refractivity contribution is 1.44. The molecule has 0 saturated heterocycles. The van der Waals surface area contributed by atoms with Gasteiger partial charge in [-0.25, -0.2) is 0 Å². The average molecular weight is 955 g/mol. The van der Waals surface area contributed by atoms with Crippen molar-refractivity contribution in [1.29, 1.82) is 0 Å². The van der Waals surface area contributed by atoms with Crippen molar-refractivity contribution in [2.24, 2.45) is 0 Å². The molecule has 0 atom stereocenters. The van der Waals surface area contributed by atoms with E-state index in [9.17, 15) is 0 Å². The molecule has 0 fully saturated rings. The third kappa shape index (κ3) is 10.1. The van der Waals surface area contributed by atoms with Crippen molar-refractivity contribution < 1.29 is 0 Å². The molecule has 0 radical (unpaired) electrons. The lowest BCUT2D eigenvalue weighted by atomic mass is 9.84. The highest BCUT2D eigenvalue weighted by atomic mass is 32.2. The molecule has 0 aliphatic carbocycles. The summed E-state index contributed by atoms with van der Waals surface area (Å²) >= 11 is 3.66. The molecule has 2 heteroatoms. The highest BCUT2D eigenvalue weighted by molar-refractivity contribution is 7.99. The first-order valence-electron chi connectivity index (χ1n) is 24.4. The fraction of sp³-hybridized carbons (Fsp3) is 0. The van der Waals surface area contributed by atoms with Crippen LogP contribution < -0.4 is 0 Å². The first kappa shape index (κ1) is 46.0. The van der Waals surface area contributed by atoms with E-state index < -0.39 is 0 Å². The molecule has 72 heavy (non-hydrogen) atoms. The molecule has 0 nitrogen and oxygen atoms in total. The van der Waals surface area contributed by atoms with Crippen LogP contribution in [0.15, 0.2) is 323 Å². The van der Waals surface area contributed by atoms with Crippen LogP contribution in [0.1, 0.15) is 0 Å². The Balaban J connectivity index is 0.000000189. The van der Waals surface area contributed by atoms with Crippen LogP contribution in [0.2, 0.25) is 0 Å². The van der Waals surface area contributed by atoms with Gasteiger partial charge in [-0.3, -0.25) is 0 Å². The molecule has 0 N–H and O–H groups in total. The summed E-state index contributed by atoms with van der Waals surface area (Å²) in [6.45, 7) is 0. The summed E-state index contributed by atoms with van der Waals surface area (Å²) in [6.07, 6.45) is 0. The van der Waals surface area contributed by atoms with Gasteiger partial charge in [0.1, 0.15) is 0 Å². The number of rotatable bonds is 8. The standard InChI is InChI=1S/C46H30S2.2C12H10/c1-3-15-31(16-4-1)47-43-29-27-41(33-19-7-9-21-35(33)43)45-37-23-11-13-25-39(37)46(40-26-14-12-24-38(40)45)42-28-30-44(36-22-10-8-20-34(36)42)48-32-17-5-2-6-18-32;2*1-3-7-11(8-4-1)12-9-5-2-6-10-12/h1-30H;2*1-10H. The first-order valence-corrected chi connectivity index (χ1v) is 26.0. The van der Waals surface area contributed by atoms with Crippen molar-refractivity contribution in [3.8, 4) is 44.5 Å². The Morgan fingerprint density at radius 2 is 0.389 bits per heavy atom. The van der Waals surface area contributed by atoms with Crippen LogP contribution in [0, 0.1) is 0 Å². The molecule has 0 amide bonds. The third-order valence-electron chi connectivity index (χ3n) is 12.9. The Morgan fingerprint density at radius 3 is 0.667 bits per heavy atom. The molecule has 0 aromatic heterocycles. The molecule has 0 spiro atoms. The van der Waals surface area contributed by atoms with Crippen LogP contribution in [0.25, 0.3) is 87.6 Å². The lowest BCUT2D eigenvalue weighted by Gasteiger charge is -2.20. The second-order valence-corrected chi connectivity index (χ2v) is 19.7. The molecular formula is C70H50S2. The van der Waals surface area contributed by atoms with Gasteiger partial charge in [-0.2, -0.15) is 0 Å². The van der Waals surface area contributed by atoms with Crippen molar-refractivity contribution in [2.75, 3.05) is 0 Å². The Bertz CT molecular complexity index is 3490.